The molecule has 2 aromatic heterocycles. The number of likely N-dealkylation sites (tertiary alicyclic amines) is 2. The maximum absolute atomic E-state index is 13.3. The number of rotatable bonds is 17. The molecule has 6 aliphatic rings. The van der Waals surface area contributed by atoms with Gasteiger partial charge in [-0.1, -0.05) is 83.9 Å². The summed E-state index contributed by atoms with van der Waals surface area (Å²) in [5, 5.41) is 45.4. The number of hydrogen-bond donors (Lipinski definition) is 5. The first kappa shape index (κ1) is 59.5. The highest BCUT2D eigenvalue weighted by atomic mass is 35.5. The third-order valence-corrected chi connectivity index (χ3v) is 17.2. The zero-order valence-electron chi connectivity index (χ0n) is 47.9. The van der Waals surface area contributed by atoms with Crippen LogP contribution in [0.3, 0.4) is 0 Å². The van der Waals surface area contributed by atoms with E-state index in [4.69, 9.17) is 53.0 Å². The van der Waals surface area contributed by atoms with Crippen molar-refractivity contribution >= 4 is 68.5 Å². The van der Waals surface area contributed by atoms with E-state index in [0.29, 0.717) is 95.8 Å². The van der Waals surface area contributed by atoms with Gasteiger partial charge in [0.25, 0.3) is 11.7 Å². The van der Waals surface area contributed by atoms with Crippen molar-refractivity contribution in [1.82, 2.24) is 34.7 Å². The molecule has 4 atom stereocenters. The van der Waals surface area contributed by atoms with Crippen LogP contribution in [0, 0.1) is 0 Å². The number of ether oxygens (including phenoxy) is 4. The summed E-state index contributed by atoms with van der Waals surface area (Å²) in [5.74, 6) is -1.74. The predicted molar refractivity (Wildman–Crippen MR) is 331 cm³/mol. The van der Waals surface area contributed by atoms with Crippen molar-refractivity contribution in [3.63, 3.8) is 0 Å². The number of nitrogens with two attached hydrogens (primary N) is 1. The number of ketones is 2. The number of aliphatic hydroxyl groups excluding tert-OH is 2. The van der Waals surface area contributed by atoms with Gasteiger partial charge in [0.05, 0.1) is 57.7 Å². The van der Waals surface area contributed by atoms with Gasteiger partial charge in [0.1, 0.15) is 32.5 Å². The van der Waals surface area contributed by atoms with Crippen LogP contribution in [0.25, 0.3) is 44.1 Å². The van der Waals surface area contributed by atoms with E-state index in [1.165, 1.54) is 38.5 Å². The van der Waals surface area contributed by atoms with Crippen molar-refractivity contribution in [1.29, 1.82) is 0 Å². The van der Waals surface area contributed by atoms with Crippen LogP contribution in [0.4, 0.5) is 0 Å². The molecule has 2 saturated carbocycles. The van der Waals surface area contributed by atoms with E-state index in [2.05, 4.69) is 65.0 Å². The first-order valence-electron chi connectivity index (χ1n) is 29.8. The largest absolute Gasteiger partial charge is 0.486 e. The van der Waals surface area contributed by atoms with Gasteiger partial charge in [-0.05, 0) is 159 Å². The molecule has 2 aliphatic carbocycles. The van der Waals surface area contributed by atoms with Crippen LogP contribution in [0.5, 0.6) is 23.0 Å². The Bertz CT molecular complexity index is 3840. The summed E-state index contributed by atoms with van der Waals surface area (Å²) in [6.45, 7) is 6.68. The van der Waals surface area contributed by atoms with E-state index >= 15 is 0 Å². The number of Topliss-reactive ketones (excluding diaryl/α,β-unsaturated/α-hetero) is 2. The van der Waals surface area contributed by atoms with Crippen molar-refractivity contribution in [2.24, 2.45) is 5.73 Å². The minimum atomic E-state index is -1.44. The molecule has 6 aromatic carbocycles. The first-order valence-corrected chi connectivity index (χ1v) is 30.5. The quantitative estimate of drug-likeness (QED) is 0.0420. The number of carbonyl (C=O) groups is 4. The zero-order valence-corrected chi connectivity index (χ0v) is 49.4. The molecule has 4 aliphatic heterocycles. The molecule has 6 heterocycles. The third kappa shape index (κ3) is 13.6. The minimum absolute atomic E-state index is 0. The number of aromatic nitrogens is 4. The van der Waals surface area contributed by atoms with Crippen LogP contribution in [-0.2, 0) is 9.59 Å². The number of halogens is 2. The van der Waals surface area contributed by atoms with E-state index in [1.807, 2.05) is 30.6 Å². The van der Waals surface area contributed by atoms with E-state index in [9.17, 15) is 29.4 Å². The lowest BCUT2D eigenvalue weighted by atomic mass is 9.99. The normalized spacial score (nSPS) is 17.8. The van der Waals surface area contributed by atoms with Crippen molar-refractivity contribution < 1.29 is 54.9 Å². The number of aliphatic hydroxyl groups is 2. The topological polar surface area (TPSA) is 246 Å². The summed E-state index contributed by atoms with van der Waals surface area (Å²) in [6, 6.07) is 32.8. The first-order chi connectivity index (χ1) is 42.2. The van der Waals surface area contributed by atoms with E-state index < -0.39 is 41.7 Å². The Kier molecular flexibility index (Phi) is 17.9. The Balaban J connectivity index is 0.000000150. The standard InChI is InChI=1S/C33H33ClN4O5.C18H14N2O3.C15H21ClN2O3.H2/c34-26-16-23(17-29-32(26)43-14-13-42-29)30(39)27(19-37-11-1-2-12-37)36-33(41)31(40)21-5-3-20(4-6-21)22-7-10-28-24(15-22)18-35-38(28)25-8-9-25;21-17(18(22)23)12-3-1-11(2-4-12)13-5-8-16-14(9-13)10-19-20(16)15-6-7-15;16-11-7-10(8-13-15(11)21-6-5-20-13)14(19)12(17)9-18-3-1-2-4-18;/h3-7,10,15-18,25,27,30,39H,1-2,8-9,11-14,19H2,(H,36,41);1-5,8-10,15H,6-7H2,(H,22,23);7-8,12,14,19H,1-6,9,17H2;1H/t27-,30-;;12-,14?;/m1.1./s1/i;;;1+1. The van der Waals surface area contributed by atoms with Crippen LogP contribution in [0.2, 0.25) is 10.0 Å². The van der Waals surface area contributed by atoms with Crippen LogP contribution in [0.1, 0.15) is 109 Å². The van der Waals surface area contributed by atoms with Crippen molar-refractivity contribution in [2.45, 2.75) is 87.7 Å². The summed E-state index contributed by atoms with van der Waals surface area (Å²) >= 11 is 12.6. The van der Waals surface area contributed by atoms with Crippen molar-refractivity contribution in [3.8, 4) is 45.3 Å². The third-order valence-electron chi connectivity index (χ3n) is 16.7. The Morgan fingerprint density at radius 1 is 0.563 bits per heavy atom. The highest BCUT2D eigenvalue weighted by Gasteiger charge is 2.32. The number of carboxylic acids is 1. The Labute approximate surface area is 513 Å². The molecule has 0 radical (unpaired) electrons. The van der Waals surface area contributed by atoms with Gasteiger partial charge in [-0.3, -0.25) is 23.7 Å². The molecule has 1 amide bonds. The molecule has 2 saturated heterocycles. The fourth-order valence-electron chi connectivity index (χ4n) is 11.7. The molecule has 14 rings (SSSR count). The minimum Gasteiger partial charge on any atom is -0.486 e. The molecule has 1 unspecified atom stereocenters. The number of nitrogens with zero attached hydrogens (tertiary/aromatic N) is 6. The molecular formula is C66H70Cl2N8O11. The lowest BCUT2D eigenvalue weighted by molar-refractivity contribution is -0.131. The molecule has 454 valence electrons. The van der Waals surface area contributed by atoms with E-state index in [-0.39, 0.29) is 18.6 Å². The second-order valence-corrected chi connectivity index (χ2v) is 23.8. The molecule has 4 fully saturated rings. The highest BCUT2D eigenvalue weighted by Crippen LogP contribution is 2.43. The average Bonchev–Trinajstić information content (AvgIpc) is 2.05. The number of fused-ring (bicyclic) bond motifs is 4. The van der Waals surface area contributed by atoms with E-state index in [0.717, 1.165) is 83.1 Å². The van der Waals surface area contributed by atoms with Crippen LogP contribution >= 0.6 is 23.2 Å². The Morgan fingerprint density at radius 2 is 0.989 bits per heavy atom. The van der Waals surface area contributed by atoms with Gasteiger partial charge in [0.2, 0.25) is 5.78 Å². The van der Waals surface area contributed by atoms with Gasteiger partial charge in [-0.15, -0.1) is 0 Å². The smallest absolute Gasteiger partial charge is 0.377 e. The van der Waals surface area contributed by atoms with Gasteiger partial charge in [-0.25, -0.2) is 4.79 Å². The number of hydrogen-bond acceptors (Lipinski definition) is 15. The van der Waals surface area contributed by atoms with Crippen molar-refractivity contribution in [2.75, 3.05) is 65.7 Å². The molecule has 87 heavy (non-hydrogen) atoms. The molecular weight excluding hydrogens is 1150 g/mol. The van der Waals surface area contributed by atoms with Crippen molar-refractivity contribution in [3.05, 3.63) is 154 Å². The van der Waals surface area contributed by atoms with Gasteiger partial charge in [-0.2, -0.15) is 10.2 Å². The Morgan fingerprint density at radius 3 is 1.45 bits per heavy atom. The number of aliphatic carboxylic acids is 1. The highest BCUT2D eigenvalue weighted by molar-refractivity contribution is 6.43. The summed E-state index contributed by atoms with van der Waals surface area (Å²) < 4.78 is 26.5. The number of carboxylic acid groups (broad SMARTS) is 1. The lowest BCUT2D eigenvalue weighted by Gasteiger charge is -2.29. The monoisotopic (exact) mass is 1220 g/mol. The number of amides is 1. The zero-order chi connectivity index (χ0) is 60.3. The molecule has 6 N–H and O–H groups in total. The average molecular weight is 1220 g/mol. The van der Waals surface area contributed by atoms with Gasteiger partial charge in [0, 0.05) is 42.5 Å². The Hall–Kier alpha value is -7.88. The van der Waals surface area contributed by atoms with Gasteiger partial charge >= 0.3 is 5.97 Å². The lowest BCUT2D eigenvalue weighted by Crippen LogP contribution is -2.48. The summed E-state index contributed by atoms with van der Waals surface area (Å²) in [7, 11) is 0. The predicted octanol–water partition coefficient (Wildman–Crippen LogP) is 10.1. The second-order valence-electron chi connectivity index (χ2n) is 23.0. The molecule has 0 bridgehead atoms. The summed E-state index contributed by atoms with van der Waals surface area (Å²) in [6.07, 6.45) is 11.1. The number of nitrogens with one attached hydrogen (secondary N) is 1. The maximum Gasteiger partial charge on any atom is 0.377 e. The van der Waals surface area contributed by atoms with Gasteiger partial charge < -0.3 is 55.1 Å². The van der Waals surface area contributed by atoms with Crippen LogP contribution in [-0.4, -0.2) is 146 Å². The SMILES string of the molecule is N[C@H](CN1CCCC1)C(O)c1cc(Cl)c2c(c1)OCCO2.O=C(N[C@H](CN1CCCC1)[C@H](O)c1cc(Cl)c2c(c1)OCCO2)C(=O)c1ccc(-c2ccc3c(cnn3C3CC3)c2)cc1.O=C(O)C(=O)c1ccc(-c2ccc3c(cnn3C3CC3)c2)cc1.[2HH]. The van der Waals surface area contributed by atoms with Gasteiger partial charge in [0.15, 0.2) is 23.0 Å². The fraction of sp³-hybridized carbons (Fsp3) is 0.364. The number of benzene rings is 6. The van der Waals surface area contributed by atoms with E-state index in [1.54, 1.807) is 60.7 Å². The fourth-order valence-corrected chi connectivity index (χ4v) is 12.3. The molecule has 0 spiro atoms. The molecule has 8 aromatic rings. The summed E-state index contributed by atoms with van der Waals surface area (Å²) in [5.41, 5.74) is 13.9. The molecule has 21 heteroatoms. The summed E-state index contributed by atoms with van der Waals surface area (Å²) in [4.78, 5) is 53.1. The second kappa shape index (κ2) is 26.2. The molecule has 19 nitrogen and oxygen atoms in total. The van der Waals surface area contributed by atoms with Crippen LogP contribution in [0.15, 0.2) is 122 Å². The van der Waals surface area contributed by atoms with Crippen LogP contribution < -0.4 is 30.0 Å². The number of carbonyl (C=O) groups excluding carboxylic acids is 3. The maximum atomic E-state index is 13.3.